The van der Waals surface area contributed by atoms with Gasteiger partial charge in [-0.25, -0.2) is 14.0 Å². The molecule has 0 aromatic heterocycles. The molecule has 2 aromatic carbocycles. The average molecular weight is 541 g/mol. The third kappa shape index (κ3) is 6.84. The summed E-state index contributed by atoms with van der Waals surface area (Å²) in [7, 11) is 0. The van der Waals surface area contributed by atoms with Crippen LogP contribution in [0.15, 0.2) is 42.5 Å². The highest BCUT2D eigenvalue weighted by Crippen LogP contribution is 2.29. The Hall–Kier alpha value is -4.15. The lowest BCUT2D eigenvalue weighted by Crippen LogP contribution is -2.59. The van der Waals surface area contributed by atoms with Gasteiger partial charge in [-0.2, -0.15) is 0 Å². The Bertz CT molecular complexity index is 1260. The van der Waals surface area contributed by atoms with Gasteiger partial charge in [0.15, 0.2) is 0 Å². The van der Waals surface area contributed by atoms with Crippen LogP contribution >= 0.6 is 0 Å². The molecule has 2 saturated heterocycles. The lowest BCUT2D eigenvalue weighted by molar-refractivity contribution is -0.130. The number of benzene rings is 2. The SMILES string of the molecule is CC(=O)NCC1CN(c2ccc(-c3ccc(CNC(=O)C4CCN4C(=O)OC(C)(C)C)cc3)c(F)c2)C(=O)O1. The largest absolute Gasteiger partial charge is 0.444 e. The van der Waals surface area contributed by atoms with Gasteiger partial charge in [0.2, 0.25) is 11.8 Å². The molecule has 2 fully saturated rings. The smallest absolute Gasteiger partial charge is 0.414 e. The number of amides is 4. The summed E-state index contributed by atoms with van der Waals surface area (Å²) >= 11 is 0. The van der Waals surface area contributed by atoms with Gasteiger partial charge in [-0.1, -0.05) is 24.3 Å². The molecule has 2 aliphatic rings. The molecule has 10 nitrogen and oxygen atoms in total. The molecule has 2 aromatic rings. The van der Waals surface area contributed by atoms with E-state index in [4.69, 9.17) is 9.47 Å². The third-order valence-electron chi connectivity index (χ3n) is 6.40. The molecule has 11 heteroatoms. The Morgan fingerprint density at radius 1 is 1.10 bits per heavy atom. The summed E-state index contributed by atoms with van der Waals surface area (Å²) in [6, 6.07) is 11.1. The zero-order valence-electron chi connectivity index (χ0n) is 22.5. The number of hydrogen-bond donors (Lipinski definition) is 2. The van der Waals surface area contributed by atoms with Crippen molar-refractivity contribution in [1.82, 2.24) is 15.5 Å². The summed E-state index contributed by atoms with van der Waals surface area (Å²) in [6.45, 7) is 7.83. The van der Waals surface area contributed by atoms with Crippen molar-refractivity contribution in [1.29, 1.82) is 0 Å². The first-order valence-corrected chi connectivity index (χ1v) is 12.8. The highest BCUT2D eigenvalue weighted by Gasteiger charge is 2.39. The van der Waals surface area contributed by atoms with Gasteiger partial charge >= 0.3 is 12.2 Å². The van der Waals surface area contributed by atoms with Crippen LogP contribution < -0.4 is 15.5 Å². The summed E-state index contributed by atoms with van der Waals surface area (Å²) < 4.78 is 25.6. The van der Waals surface area contributed by atoms with E-state index in [2.05, 4.69) is 10.6 Å². The van der Waals surface area contributed by atoms with Crippen molar-refractivity contribution in [2.45, 2.75) is 58.4 Å². The van der Waals surface area contributed by atoms with Gasteiger partial charge in [0.25, 0.3) is 0 Å². The summed E-state index contributed by atoms with van der Waals surface area (Å²) in [4.78, 5) is 50.9. The molecule has 2 heterocycles. The summed E-state index contributed by atoms with van der Waals surface area (Å²) in [5, 5.41) is 5.45. The van der Waals surface area contributed by atoms with Crippen LogP contribution in [0.2, 0.25) is 0 Å². The van der Waals surface area contributed by atoms with Crippen LogP contribution in [0.25, 0.3) is 11.1 Å². The van der Waals surface area contributed by atoms with Crippen molar-refractivity contribution in [3.8, 4) is 11.1 Å². The second-order valence-electron chi connectivity index (χ2n) is 10.6. The number of likely N-dealkylation sites (tertiary alicyclic amines) is 1. The number of carbonyl (C=O) groups excluding carboxylic acids is 4. The zero-order chi connectivity index (χ0) is 28.3. The lowest BCUT2D eigenvalue weighted by Gasteiger charge is -2.40. The Labute approximate surface area is 226 Å². The lowest BCUT2D eigenvalue weighted by atomic mass is 10.0. The van der Waals surface area contributed by atoms with Crippen molar-refractivity contribution < 1.29 is 33.0 Å². The Balaban J connectivity index is 1.33. The molecule has 0 spiro atoms. The van der Waals surface area contributed by atoms with Gasteiger partial charge in [-0.3, -0.25) is 19.4 Å². The molecule has 2 unspecified atom stereocenters. The summed E-state index contributed by atoms with van der Waals surface area (Å²) in [5.41, 5.74) is 1.54. The fourth-order valence-corrected chi connectivity index (χ4v) is 4.31. The highest BCUT2D eigenvalue weighted by molar-refractivity contribution is 5.90. The normalized spacial score (nSPS) is 18.7. The van der Waals surface area contributed by atoms with E-state index < -0.39 is 35.8 Å². The molecular weight excluding hydrogens is 507 g/mol. The number of nitrogens with one attached hydrogen (secondary N) is 2. The Kier molecular flexibility index (Phi) is 8.08. The molecule has 4 amide bonds. The molecule has 2 aliphatic heterocycles. The number of cyclic esters (lactones) is 1. The van der Waals surface area contributed by atoms with Crippen LogP contribution in [-0.2, 0) is 25.6 Å². The van der Waals surface area contributed by atoms with Gasteiger partial charge < -0.3 is 20.1 Å². The molecule has 0 bridgehead atoms. The minimum atomic E-state index is -0.632. The number of nitrogens with zero attached hydrogens (tertiary/aromatic N) is 2. The van der Waals surface area contributed by atoms with Crippen molar-refractivity contribution in [2.75, 3.05) is 24.5 Å². The number of ether oxygens (including phenoxy) is 2. The topological polar surface area (TPSA) is 117 Å². The molecule has 2 atom stereocenters. The fourth-order valence-electron chi connectivity index (χ4n) is 4.31. The van der Waals surface area contributed by atoms with E-state index in [0.717, 1.165) is 5.56 Å². The minimum Gasteiger partial charge on any atom is -0.444 e. The quantitative estimate of drug-likeness (QED) is 0.555. The van der Waals surface area contributed by atoms with Crippen LogP contribution in [-0.4, -0.2) is 66.3 Å². The van der Waals surface area contributed by atoms with E-state index in [1.165, 1.54) is 22.8 Å². The Morgan fingerprint density at radius 2 is 1.82 bits per heavy atom. The van der Waals surface area contributed by atoms with Crippen LogP contribution in [0, 0.1) is 5.82 Å². The van der Waals surface area contributed by atoms with E-state index in [1.54, 1.807) is 57.2 Å². The number of hydrogen-bond acceptors (Lipinski definition) is 6. The third-order valence-corrected chi connectivity index (χ3v) is 6.40. The fraction of sp³-hybridized carbons (Fsp3) is 0.429. The van der Waals surface area contributed by atoms with Gasteiger partial charge in [0, 0.05) is 25.6 Å². The first kappa shape index (κ1) is 27.9. The van der Waals surface area contributed by atoms with Crippen LogP contribution in [0.4, 0.5) is 19.7 Å². The molecule has 4 rings (SSSR count). The van der Waals surface area contributed by atoms with Crippen molar-refractivity contribution in [3.05, 3.63) is 53.8 Å². The number of carbonyl (C=O) groups is 4. The second kappa shape index (κ2) is 11.3. The van der Waals surface area contributed by atoms with Crippen LogP contribution in [0.5, 0.6) is 0 Å². The number of anilines is 1. The standard InChI is InChI=1S/C28H33FN4O6/c1-17(34)30-15-21-16-33(26(36)38-21)20-9-10-22(23(29)13-20)19-7-5-18(6-8-19)14-31-25(35)24-11-12-32(24)27(37)39-28(2,3)4/h5-10,13,21,24H,11-12,14-16H2,1-4H3,(H,30,34)(H,31,35). The monoisotopic (exact) mass is 540 g/mol. The summed E-state index contributed by atoms with van der Waals surface area (Å²) in [6.07, 6.45) is -1.04. The number of halogens is 1. The van der Waals surface area contributed by atoms with E-state index in [1.807, 2.05) is 0 Å². The molecule has 208 valence electrons. The molecule has 0 aliphatic carbocycles. The molecular formula is C28H33FN4O6. The van der Waals surface area contributed by atoms with Gasteiger partial charge in [0.1, 0.15) is 23.6 Å². The van der Waals surface area contributed by atoms with Gasteiger partial charge in [-0.15, -0.1) is 0 Å². The highest BCUT2D eigenvalue weighted by atomic mass is 19.1. The molecule has 2 N–H and O–H groups in total. The van der Waals surface area contributed by atoms with Crippen molar-refractivity contribution >= 4 is 29.7 Å². The minimum absolute atomic E-state index is 0.188. The maximum atomic E-state index is 15.0. The molecule has 0 saturated carbocycles. The van der Waals surface area contributed by atoms with E-state index in [0.29, 0.717) is 29.8 Å². The van der Waals surface area contributed by atoms with Crippen molar-refractivity contribution in [2.24, 2.45) is 0 Å². The van der Waals surface area contributed by atoms with E-state index in [9.17, 15) is 19.2 Å². The second-order valence-corrected chi connectivity index (χ2v) is 10.6. The Morgan fingerprint density at radius 3 is 2.41 bits per heavy atom. The van der Waals surface area contributed by atoms with E-state index in [-0.39, 0.29) is 31.4 Å². The first-order valence-electron chi connectivity index (χ1n) is 12.8. The average Bonchev–Trinajstić information content (AvgIpc) is 3.20. The van der Waals surface area contributed by atoms with Gasteiger partial charge in [0.05, 0.1) is 18.8 Å². The van der Waals surface area contributed by atoms with Crippen LogP contribution in [0.1, 0.15) is 39.7 Å². The molecule has 39 heavy (non-hydrogen) atoms. The van der Waals surface area contributed by atoms with E-state index >= 15 is 4.39 Å². The zero-order valence-corrected chi connectivity index (χ0v) is 22.5. The van der Waals surface area contributed by atoms with Gasteiger partial charge in [-0.05, 0) is 56.5 Å². The first-order chi connectivity index (χ1) is 18.4. The maximum Gasteiger partial charge on any atom is 0.414 e. The number of rotatable bonds is 7. The summed E-state index contributed by atoms with van der Waals surface area (Å²) in [5.74, 6) is -0.979. The molecule has 0 radical (unpaired) electrons. The maximum absolute atomic E-state index is 15.0. The van der Waals surface area contributed by atoms with Crippen LogP contribution in [0.3, 0.4) is 0 Å². The van der Waals surface area contributed by atoms with Crippen molar-refractivity contribution in [3.63, 3.8) is 0 Å². The predicted octanol–water partition coefficient (Wildman–Crippen LogP) is 3.58. The predicted molar refractivity (Wildman–Crippen MR) is 141 cm³/mol.